The van der Waals surface area contributed by atoms with Crippen molar-refractivity contribution in [1.82, 2.24) is 20.4 Å². The molecule has 39 heavy (non-hydrogen) atoms. The van der Waals surface area contributed by atoms with Gasteiger partial charge in [-0.25, -0.2) is 0 Å². The summed E-state index contributed by atoms with van der Waals surface area (Å²) >= 11 is 0. The Morgan fingerprint density at radius 3 is 1.97 bits per heavy atom. The quantitative estimate of drug-likeness (QED) is 0.257. The average Bonchev–Trinajstić information content (AvgIpc) is 3.52. The van der Waals surface area contributed by atoms with E-state index < -0.39 is 0 Å². The molecule has 2 heterocycles. The number of nitrogens with zero attached hydrogens (tertiary/aromatic N) is 4. The molecule has 0 unspecified atom stereocenters. The molecule has 5 rings (SSSR count). The molecule has 2 aromatic carbocycles. The van der Waals surface area contributed by atoms with E-state index in [2.05, 4.69) is 98.1 Å². The number of hydrogen-bond acceptors (Lipinski definition) is 6. The summed E-state index contributed by atoms with van der Waals surface area (Å²) in [7, 11) is 0. The molecule has 0 aliphatic heterocycles. The van der Waals surface area contributed by atoms with Crippen molar-refractivity contribution >= 4 is 0 Å². The van der Waals surface area contributed by atoms with Crippen LogP contribution in [0.3, 0.4) is 0 Å². The molecule has 1 aliphatic rings. The van der Waals surface area contributed by atoms with Crippen molar-refractivity contribution in [3.05, 3.63) is 95.4 Å². The summed E-state index contributed by atoms with van der Waals surface area (Å²) in [5.41, 5.74) is 6.10. The number of hydrogen-bond donors (Lipinski definition) is 0. The third-order valence-corrected chi connectivity index (χ3v) is 6.58. The van der Waals surface area contributed by atoms with Crippen LogP contribution in [0, 0.1) is 17.3 Å². The van der Waals surface area contributed by atoms with E-state index in [0.29, 0.717) is 17.7 Å². The van der Waals surface area contributed by atoms with E-state index in [1.165, 1.54) is 11.1 Å². The van der Waals surface area contributed by atoms with E-state index in [-0.39, 0.29) is 16.7 Å². The van der Waals surface area contributed by atoms with Crippen LogP contribution in [-0.4, -0.2) is 20.4 Å². The zero-order chi connectivity index (χ0) is 27.6. The molecule has 0 bridgehead atoms. The minimum atomic E-state index is 0.0796. The van der Waals surface area contributed by atoms with E-state index in [1.54, 1.807) is 0 Å². The first-order chi connectivity index (χ1) is 18.6. The molecule has 0 fully saturated rings. The van der Waals surface area contributed by atoms with Gasteiger partial charge in [0.15, 0.2) is 0 Å². The largest absolute Gasteiger partial charge is 0.416 e. The molecule has 1 aliphatic carbocycles. The lowest BCUT2D eigenvalue weighted by atomic mass is 9.84. The molecule has 0 N–H and O–H groups in total. The molecule has 0 saturated heterocycles. The number of benzene rings is 2. The average molecular weight is 517 g/mol. The molecule has 0 amide bonds. The van der Waals surface area contributed by atoms with Crippen LogP contribution >= 0.6 is 0 Å². The van der Waals surface area contributed by atoms with Crippen LogP contribution in [0.4, 0.5) is 0 Å². The van der Waals surface area contributed by atoms with Crippen molar-refractivity contribution in [1.29, 1.82) is 0 Å². The molecule has 0 saturated carbocycles. The van der Waals surface area contributed by atoms with Gasteiger partial charge in [-0.05, 0) is 65.1 Å². The summed E-state index contributed by atoms with van der Waals surface area (Å²) in [5, 5.41) is 16.8. The fourth-order valence-electron chi connectivity index (χ4n) is 4.14. The Morgan fingerprint density at radius 2 is 1.31 bits per heavy atom. The van der Waals surface area contributed by atoms with Gasteiger partial charge in [0, 0.05) is 22.3 Å². The predicted molar refractivity (Wildman–Crippen MR) is 153 cm³/mol. The maximum Gasteiger partial charge on any atom is 0.294 e. The van der Waals surface area contributed by atoms with Crippen molar-refractivity contribution in [2.45, 2.75) is 53.4 Å². The lowest BCUT2D eigenvalue weighted by Gasteiger charge is -2.21. The highest BCUT2D eigenvalue weighted by Gasteiger charge is 2.17. The van der Waals surface area contributed by atoms with Crippen molar-refractivity contribution in [2.75, 3.05) is 0 Å². The van der Waals surface area contributed by atoms with Gasteiger partial charge in [0.1, 0.15) is 0 Å². The summed E-state index contributed by atoms with van der Waals surface area (Å²) in [4.78, 5) is 0. The molecule has 0 radical (unpaired) electrons. The molecule has 6 heteroatoms. The van der Waals surface area contributed by atoms with E-state index in [0.717, 1.165) is 28.7 Å². The van der Waals surface area contributed by atoms with Crippen molar-refractivity contribution in [3.8, 4) is 46.2 Å². The highest BCUT2D eigenvalue weighted by Crippen LogP contribution is 2.31. The van der Waals surface area contributed by atoms with Gasteiger partial charge in [0.25, 0.3) is 5.89 Å². The van der Waals surface area contributed by atoms with Crippen molar-refractivity contribution in [3.63, 3.8) is 0 Å². The minimum Gasteiger partial charge on any atom is -0.416 e. The van der Waals surface area contributed by atoms with E-state index >= 15 is 0 Å². The monoisotopic (exact) mass is 516 g/mol. The molecule has 0 spiro atoms. The Morgan fingerprint density at radius 1 is 0.667 bits per heavy atom. The summed E-state index contributed by atoms with van der Waals surface area (Å²) in [6.45, 7) is 13.2. The fraction of sp³-hybridized carbons (Fsp3) is 0.273. The van der Waals surface area contributed by atoms with Gasteiger partial charge in [-0.1, -0.05) is 94.6 Å². The minimum absolute atomic E-state index is 0.0796. The summed E-state index contributed by atoms with van der Waals surface area (Å²) in [5.74, 6) is 7.64. The summed E-state index contributed by atoms with van der Waals surface area (Å²) in [6.07, 6.45) is 9.27. The van der Waals surface area contributed by atoms with Gasteiger partial charge in [-0.3, -0.25) is 0 Å². The standard InChI is InChI=1S/C33H32N4O2/c1-32(2,3)26-12-7-9-22(13-17-26)14-20-28-34-35-30(38-28)24-10-8-11-25(21-24)31-37-36-29(39-31)23-15-18-27(19-16-23)33(4,5)6/h7-11,13,15-19,21H,12H2,1-6H3. The first kappa shape index (κ1) is 26.1. The van der Waals surface area contributed by atoms with Crippen molar-refractivity contribution < 1.29 is 8.83 Å². The molecule has 196 valence electrons. The molecule has 0 atom stereocenters. The fourth-order valence-corrected chi connectivity index (χ4v) is 4.14. The van der Waals surface area contributed by atoms with Crippen LogP contribution in [0.1, 0.15) is 59.4 Å². The zero-order valence-corrected chi connectivity index (χ0v) is 23.2. The normalized spacial score (nSPS) is 13.8. The van der Waals surface area contributed by atoms with Crippen molar-refractivity contribution in [2.24, 2.45) is 5.41 Å². The van der Waals surface area contributed by atoms with Gasteiger partial charge in [0.05, 0.1) is 0 Å². The predicted octanol–water partition coefficient (Wildman–Crippen LogP) is 7.96. The number of rotatable bonds is 3. The lowest BCUT2D eigenvalue weighted by molar-refractivity contribution is 0.494. The van der Waals surface area contributed by atoms with Gasteiger partial charge in [-0.2, -0.15) is 0 Å². The lowest BCUT2D eigenvalue weighted by Crippen LogP contribution is -2.10. The molecular formula is C33H32N4O2. The SMILES string of the molecule is CC(C)(C)C1=CC=C(C#Cc2nnc(-c3cccc(-c4nnc(-c5ccc(C(C)(C)C)cc5)o4)c3)o2)C=CC1. The number of allylic oxidation sites excluding steroid dienone is 6. The van der Waals surface area contributed by atoms with E-state index in [4.69, 9.17) is 8.83 Å². The summed E-state index contributed by atoms with van der Waals surface area (Å²) < 4.78 is 11.8. The zero-order valence-electron chi connectivity index (χ0n) is 23.2. The van der Waals surface area contributed by atoms with Crippen LogP contribution in [0.5, 0.6) is 0 Å². The molecule has 6 nitrogen and oxygen atoms in total. The van der Waals surface area contributed by atoms with Gasteiger partial charge in [-0.15, -0.1) is 15.3 Å². The topological polar surface area (TPSA) is 77.8 Å². The Balaban J connectivity index is 1.33. The second-order valence-corrected chi connectivity index (χ2v) is 11.7. The van der Waals surface area contributed by atoms with Gasteiger partial charge < -0.3 is 8.83 Å². The van der Waals surface area contributed by atoms with Gasteiger partial charge in [0.2, 0.25) is 17.7 Å². The van der Waals surface area contributed by atoms with Crippen LogP contribution in [0.25, 0.3) is 34.4 Å². The number of aromatic nitrogens is 4. The third-order valence-electron chi connectivity index (χ3n) is 6.58. The summed E-state index contributed by atoms with van der Waals surface area (Å²) in [6, 6.07) is 15.8. The third kappa shape index (κ3) is 6.15. The second-order valence-electron chi connectivity index (χ2n) is 11.7. The maximum atomic E-state index is 5.99. The maximum absolute atomic E-state index is 5.99. The van der Waals surface area contributed by atoms with Gasteiger partial charge >= 0.3 is 0 Å². The Bertz CT molecular complexity index is 1640. The highest BCUT2D eigenvalue weighted by molar-refractivity contribution is 5.65. The van der Waals surface area contributed by atoms with Crippen LogP contribution in [0.2, 0.25) is 0 Å². The Labute approximate surface area is 229 Å². The first-order valence-corrected chi connectivity index (χ1v) is 13.0. The van der Waals surface area contributed by atoms with E-state index in [1.807, 2.05) is 48.6 Å². The Hall–Kier alpha value is -4.50. The van der Waals surface area contributed by atoms with Crippen LogP contribution in [-0.2, 0) is 5.41 Å². The van der Waals surface area contributed by atoms with Crippen LogP contribution < -0.4 is 0 Å². The van der Waals surface area contributed by atoms with E-state index in [9.17, 15) is 0 Å². The molecular weight excluding hydrogens is 484 g/mol. The van der Waals surface area contributed by atoms with Crippen LogP contribution in [0.15, 0.2) is 92.8 Å². The second kappa shape index (κ2) is 10.3. The first-order valence-electron chi connectivity index (χ1n) is 13.0. The Kier molecular flexibility index (Phi) is 6.93. The molecule has 4 aromatic rings. The smallest absolute Gasteiger partial charge is 0.294 e. The highest BCUT2D eigenvalue weighted by atomic mass is 16.4. The molecule has 2 aromatic heterocycles.